The van der Waals surface area contributed by atoms with Gasteiger partial charge in [0.2, 0.25) is 0 Å². The van der Waals surface area contributed by atoms with Crippen molar-refractivity contribution in [3.05, 3.63) is 70.8 Å². The smallest absolute Gasteiger partial charge is 0.298 e. The predicted octanol–water partition coefficient (Wildman–Crippen LogP) is 3.23. The van der Waals surface area contributed by atoms with E-state index in [1.807, 2.05) is 37.3 Å². The normalized spacial score (nSPS) is 31.0. The molecule has 6 nitrogen and oxygen atoms in total. The van der Waals surface area contributed by atoms with Crippen LogP contribution in [-0.2, 0) is 16.6 Å². The summed E-state index contributed by atoms with van der Waals surface area (Å²) in [6, 6.07) is 9.27. The summed E-state index contributed by atoms with van der Waals surface area (Å²) in [6.45, 7) is 9.53. The summed E-state index contributed by atoms with van der Waals surface area (Å²) in [6.07, 6.45) is 3.97. The molecule has 2 N–H and O–H groups in total. The third-order valence-corrected chi connectivity index (χ3v) is 9.54. The first-order valence-corrected chi connectivity index (χ1v) is 13.2. The van der Waals surface area contributed by atoms with Crippen LogP contribution in [0.2, 0.25) is 0 Å². The number of aryl methyl sites for hydroxylation is 2. The largest absolute Gasteiger partial charge is 0.504 e. The van der Waals surface area contributed by atoms with E-state index in [4.69, 9.17) is 4.74 Å². The molecule has 192 valence electrons. The third kappa shape index (κ3) is 3.24. The first kappa shape index (κ1) is 24.1. The fraction of sp³-hybridized carbons (Fsp3) is 0.452. The van der Waals surface area contributed by atoms with Crippen molar-refractivity contribution < 1.29 is 19.7 Å². The van der Waals surface area contributed by atoms with Crippen LogP contribution in [0, 0.1) is 25.7 Å². The first-order chi connectivity index (χ1) is 17.7. The highest BCUT2D eigenvalue weighted by Crippen LogP contribution is 2.65. The number of phenolic OH excluding ortho intramolecular Hbond substituents is 1. The molecule has 2 heterocycles. The van der Waals surface area contributed by atoms with E-state index in [2.05, 4.69) is 30.2 Å². The van der Waals surface area contributed by atoms with Crippen LogP contribution in [0.25, 0.3) is 0 Å². The number of aromatic hydroxyl groups is 1. The molecule has 2 aromatic carbocycles. The van der Waals surface area contributed by atoms with Gasteiger partial charge in [-0.05, 0) is 81.0 Å². The second kappa shape index (κ2) is 8.37. The maximum Gasteiger partial charge on any atom is 0.298 e. The van der Waals surface area contributed by atoms with Crippen LogP contribution in [0.4, 0.5) is 0 Å². The number of likely N-dealkylation sites (N-methyl/N-ethyl adjacent to an activating group) is 1. The molecule has 0 aromatic heterocycles. The van der Waals surface area contributed by atoms with Gasteiger partial charge in [0, 0.05) is 36.7 Å². The topological polar surface area (TPSA) is 73.2 Å². The van der Waals surface area contributed by atoms with Crippen molar-refractivity contribution in [1.29, 1.82) is 0 Å². The Morgan fingerprint density at radius 2 is 2.08 bits per heavy atom. The average molecular weight is 499 g/mol. The third-order valence-electron chi connectivity index (χ3n) is 9.54. The number of ether oxygens (including phenoxy) is 1. The summed E-state index contributed by atoms with van der Waals surface area (Å²) in [5, 5.41) is 23.2. The molecular weight excluding hydrogens is 464 g/mol. The Bertz CT molecular complexity index is 1370. The minimum atomic E-state index is -1.02. The first-order valence-electron chi connectivity index (χ1n) is 13.2. The summed E-state index contributed by atoms with van der Waals surface area (Å²) in [7, 11) is 1.78. The van der Waals surface area contributed by atoms with Crippen LogP contribution < -0.4 is 4.74 Å². The Morgan fingerprint density at radius 3 is 2.84 bits per heavy atom. The van der Waals surface area contributed by atoms with Gasteiger partial charge >= 0.3 is 0 Å². The second-order valence-electron chi connectivity index (χ2n) is 11.2. The maximum absolute atomic E-state index is 13.3. The maximum atomic E-state index is 13.3. The van der Waals surface area contributed by atoms with Crippen molar-refractivity contribution >= 4 is 5.91 Å². The molecule has 2 fully saturated rings. The Kier molecular flexibility index (Phi) is 5.45. The van der Waals surface area contributed by atoms with Gasteiger partial charge < -0.3 is 19.8 Å². The van der Waals surface area contributed by atoms with Crippen LogP contribution in [0.15, 0.2) is 43.0 Å². The number of benzene rings is 2. The van der Waals surface area contributed by atoms with Gasteiger partial charge in [0.25, 0.3) is 5.91 Å². The van der Waals surface area contributed by atoms with E-state index in [1.54, 1.807) is 18.0 Å². The fourth-order valence-electron chi connectivity index (χ4n) is 7.57. The summed E-state index contributed by atoms with van der Waals surface area (Å²) in [5.41, 5.74) is 3.50. The van der Waals surface area contributed by atoms with E-state index in [0.717, 1.165) is 28.8 Å². The van der Waals surface area contributed by atoms with E-state index >= 15 is 0 Å². The van der Waals surface area contributed by atoms with Crippen LogP contribution in [-0.4, -0.2) is 69.8 Å². The van der Waals surface area contributed by atoms with Gasteiger partial charge in [-0.25, -0.2) is 0 Å². The number of phenols is 1. The highest BCUT2D eigenvalue weighted by molar-refractivity contribution is 5.94. The molecule has 1 saturated heterocycles. The number of rotatable bonds is 3. The second-order valence-corrected chi connectivity index (χ2v) is 11.2. The quantitative estimate of drug-likeness (QED) is 0.502. The van der Waals surface area contributed by atoms with Crippen LogP contribution in [0.3, 0.4) is 0 Å². The predicted molar refractivity (Wildman–Crippen MR) is 142 cm³/mol. The molecule has 5 atom stereocenters. The van der Waals surface area contributed by atoms with Gasteiger partial charge in [0.05, 0.1) is 17.1 Å². The number of carbonyl (C=O) groups excluding carboxylic acids is 1. The molecule has 0 radical (unpaired) electrons. The number of carbonyl (C=O) groups is 1. The van der Waals surface area contributed by atoms with Gasteiger partial charge in [0.15, 0.2) is 11.5 Å². The SMILES string of the molecule is C=CCN1CC[C@]23c4c5ccc(O)c4O[C@H]2[C@H](N(C)C(=O)C#Cc2ccc(C)c(C)c2)CC[C@@]3(O)[C@H]1C5. The van der Waals surface area contributed by atoms with Crippen LogP contribution >= 0.6 is 0 Å². The lowest BCUT2D eigenvalue weighted by molar-refractivity contribution is -0.197. The Balaban J connectivity index is 1.38. The zero-order valence-electron chi connectivity index (χ0n) is 21.8. The van der Waals surface area contributed by atoms with E-state index in [1.165, 1.54) is 5.56 Å². The van der Waals surface area contributed by atoms with Crippen LogP contribution in [0.5, 0.6) is 11.5 Å². The van der Waals surface area contributed by atoms with Gasteiger partial charge in [-0.2, -0.15) is 0 Å². The molecule has 2 bridgehead atoms. The van der Waals surface area contributed by atoms with Gasteiger partial charge in [-0.1, -0.05) is 24.1 Å². The van der Waals surface area contributed by atoms with E-state index in [0.29, 0.717) is 38.0 Å². The lowest BCUT2D eigenvalue weighted by Crippen LogP contribution is -2.78. The van der Waals surface area contributed by atoms with Crippen LogP contribution in [0.1, 0.15) is 47.1 Å². The van der Waals surface area contributed by atoms with Crippen molar-refractivity contribution in [2.75, 3.05) is 20.1 Å². The minimum Gasteiger partial charge on any atom is -0.504 e. The fourth-order valence-corrected chi connectivity index (χ4v) is 7.57. The Hall–Kier alpha value is -3.27. The zero-order valence-corrected chi connectivity index (χ0v) is 21.8. The number of piperidine rings is 1. The molecule has 2 aromatic rings. The number of likely N-dealkylation sites (tertiary alicyclic amines) is 1. The highest BCUT2D eigenvalue weighted by Gasteiger charge is 2.73. The van der Waals surface area contributed by atoms with E-state index in [-0.39, 0.29) is 23.7 Å². The van der Waals surface area contributed by atoms with Crippen molar-refractivity contribution in [3.63, 3.8) is 0 Å². The molecule has 1 spiro atoms. The number of nitrogens with zero attached hydrogens (tertiary/aromatic N) is 2. The molecule has 2 aliphatic heterocycles. The lowest BCUT2D eigenvalue weighted by atomic mass is 9.48. The molecule has 37 heavy (non-hydrogen) atoms. The van der Waals surface area contributed by atoms with Gasteiger partial charge in [0.1, 0.15) is 6.10 Å². The number of amides is 1. The van der Waals surface area contributed by atoms with Gasteiger partial charge in [-0.15, -0.1) is 6.58 Å². The Labute approximate surface area is 218 Å². The Morgan fingerprint density at radius 1 is 1.27 bits per heavy atom. The molecule has 6 heteroatoms. The molecule has 0 unspecified atom stereocenters. The molecule has 1 saturated carbocycles. The molecule has 2 aliphatic carbocycles. The van der Waals surface area contributed by atoms with Gasteiger partial charge in [-0.3, -0.25) is 9.69 Å². The highest BCUT2D eigenvalue weighted by atomic mass is 16.5. The molecule has 1 amide bonds. The van der Waals surface area contributed by atoms with Crippen molar-refractivity contribution in [1.82, 2.24) is 9.80 Å². The molecule has 6 rings (SSSR count). The summed E-state index contributed by atoms with van der Waals surface area (Å²) in [4.78, 5) is 17.3. The molecular formula is C31H34N2O4. The van der Waals surface area contributed by atoms with E-state index in [9.17, 15) is 15.0 Å². The van der Waals surface area contributed by atoms with E-state index < -0.39 is 17.1 Å². The number of aliphatic hydroxyl groups is 1. The zero-order chi connectivity index (χ0) is 26.1. The number of hydrogen-bond acceptors (Lipinski definition) is 5. The van der Waals surface area contributed by atoms with Crippen molar-refractivity contribution in [3.8, 4) is 23.3 Å². The standard InChI is InChI=1S/C31H34N2O4/c1-5-15-33-16-14-30-27-22-9-10-24(34)28(27)37-29(30)23(12-13-31(30,36)25(33)18-22)32(4)26(35)11-8-21-7-6-19(2)20(3)17-21/h5-7,9-10,17,23,25,29,34,36H,1,12-16,18H2,2-4H3/t23-,25-,29+,30+,31-/m1/s1. The summed E-state index contributed by atoms with van der Waals surface area (Å²) < 4.78 is 6.55. The minimum absolute atomic E-state index is 0.0696. The average Bonchev–Trinajstić information content (AvgIpc) is 3.23. The monoisotopic (exact) mass is 498 g/mol. The summed E-state index contributed by atoms with van der Waals surface area (Å²) in [5.74, 6) is 6.16. The number of hydrogen-bond donors (Lipinski definition) is 2. The van der Waals surface area contributed by atoms with Crippen molar-refractivity contribution in [2.45, 2.75) is 68.7 Å². The molecule has 4 aliphatic rings. The summed E-state index contributed by atoms with van der Waals surface area (Å²) >= 11 is 0. The lowest BCUT2D eigenvalue weighted by Gasteiger charge is -2.64. The van der Waals surface area contributed by atoms with Crippen molar-refractivity contribution in [2.24, 2.45) is 0 Å².